The third-order valence-electron chi connectivity index (χ3n) is 2.54. The zero-order chi connectivity index (χ0) is 11.8. The Labute approximate surface area is 106 Å². The number of H-pyrrole nitrogens is 1. The average Bonchev–Trinajstić information content (AvgIpc) is 2.83. The largest absolute Gasteiger partial charge is 0.276 e. The summed E-state index contributed by atoms with van der Waals surface area (Å²) in [6.45, 7) is 1.89. The molecule has 0 spiro atoms. The van der Waals surface area contributed by atoms with Crippen LogP contribution in [0.2, 0.25) is 0 Å². The van der Waals surface area contributed by atoms with E-state index in [1.54, 1.807) is 6.20 Å². The van der Waals surface area contributed by atoms with Gasteiger partial charge in [-0.2, -0.15) is 5.10 Å². The van der Waals surface area contributed by atoms with E-state index in [2.05, 4.69) is 36.1 Å². The number of fused-ring (bicyclic) bond motifs is 1. The Morgan fingerprint density at radius 3 is 2.82 bits per heavy atom. The monoisotopic (exact) mass is 288 g/mol. The number of hydrogen-bond acceptors (Lipinski definition) is 3. The SMILES string of the molecule is Cc1nc(-c2ccn[nH]2)c2cccc(Br)c2n1. The summed E-state index contributed by atoms with van der Waals surface area (Å²) in [5.41, 5.74) is 2.70. The first kappa shape index (κ1) is 10.4. The molecule has 0 saturated carbocycles. The standard InChI is InChI=1S/C12H9BrN4/c1-7-15-11-8(3-2-4-9(11)13)12(16-7)10-5-6-14-17-10/h2-6H,1H3,(H,14,17). The van der Waals surface area contributed by atoms with Crippen molar-refractivity contribution in [2.45, 2.75) is 6.92 Å². The number of nitrogens with one attached hydrogen (secondary N) is 1. The smallest absolute Gasteiger partial charge is 0.126 e. The lowest BCUT2D eigenvalue weighted by atomic mass is 10.1. The van der Waals surface area contributed by atoms with E-state index in [1.807, 2.05) is 31.2 Å². The van der Waals surface area contributed by atoms with Crippen molar-refractivity contribution in [1.29, 1.82) is 0 Å². The topological polar surface area (TPSA) is 54.5 Å². The van der Waals surface area contributed by atoms with Crippen LogP contribution in [0.5, 0.6) is 0 Å². The number of aromatic amines is 1. The summed E-state index contributed by atoms with van der Waals surface area (Å²) in [6.07, 6.45) is 1.72. The third-order valence-corrected chi connectivity index (χ3v) is 3.18. The molecule has 3 aromatic rings. The second-order valence-corrected chi connectivity index (χ2v) is 4.58. The van der Waals surface area contributed by atoms with E-state index in [1.165, 1.54) is 0 Å². The van der Waals surface area contributed by atoms with Crippen molar-refractivity contribution >= 4 is 26.8 Å². The highest BCUT2D eigenvalue weighted by atomic mass is 79.9. The van der Waals surface area contributed by atoms with Gasteiger partial charge in [-0.1, -0.05) is 12.1 Å². The van der Waals surface area contributed by atoms with Crippen molar-refractivity contribution in [3.63, 3.8) is 0 Å². The predicted octanol–water partition coefficient (Wildman–Crippen LogP) is 3.09. The van der Waals surface area contributed by atoms with Gasteiger partial charge in [0.25, 0.3) is 0 Å². The molecule has 0 unspecified atom stereocenters. The number of benzene rings is 1. The second kappa shape index (κ2) is 3.92. The van der Waals surface area contributed by atoms with Gasteiger partial charge in [-0.25, -0.2) is 9.97 Å². The highest BCUT2D eigenvalue weighted by Gasteiger charge is 2.10. The molecule has 0 radical (unpaired) electrons. The molecule has 0 aliphatic carbocycles. The molecule has 1 aromatic carbocycles. The molecule has 84 valence electrons. The fraction of sp³-hybridized carbons (Fsp3) is 0.0833. The molecule has 2 aromatic heterocycles. The average molecular weight is 289 g/mol. The Hall–Kier alpha value is -1.75. The van der Waals surface area contributed by atoms with E-state index < -0.39 is 0 Å². The normalized spacial score (nSPS) is 10.9. The van der Waals surface area contributed by atoms with Gasteiger partial charge >= 0.3 is 0 Å². The Balaban J connectivity index is 2.42. The Morgan fingerprint density at radius 2 is 2.06 bits per heavy atom. The minimum absolute atomic E-state index is 0.744. The molecular weight excluding hydrogens is 280 g/mol. The Kier molecular flexibility index (Phi) is 2.40. The molecule has 0 bridgehead atoms. The van der Waals surface area contributed by atoms with Crippen molar-refractivity contribution in [3.05, 3.63) is 40.8 Å². The lowest BCUT2D eigenvalue weighted by molar-refractivity contribution is 1.06. The van der Waals surface area contributed by atoms with Gasteiger partial charge in [0.05, 0.1) is 16.9 Å². The fourth-order valence-corrected chi connectivity index (χ4v) is 2.28. The maximum atomic E-state index is 4.48. The van der Waals surface area contributed by atoms with Crippen LogP contribution in [0.15, 0.2) is 34.9 Å². The highest BCUT2D eigenvalue weighted by Crippen LogP contribution is 2.28. The molecule has 3 rings (SSSR count). The summed E-state index contributed by atoms with van der Waals surface area (Å²) >= 11 is 3.51. The van der Waals surface area contributed by atoms with Crippen LogP contribution in [-0.2, 0) is 0 Å². The lowest BCUT2D eigenvalue weighted by Crippen LogP contribution is -1.94. The summed E-state index contributed by atoms with van der Waals surface area (Å²) < 4.78 is 0.973. The molecule has 0 atom stereocenters. The van der Waals surface area contributed by atoms with E-state index in [0.717, 1.165) is 32.6 Å². The van der Waals surface area contributed by atoms with Crippen LogP contribution in [0, 0.1) is 6.92 Å². The molecule has 0 aliphatic rings. The second-order valence-electron chi connectivity index (χ2n) is 3.73. The van der Waals surface area contributed by atoms with E-state index in [4.69, 9.17) is 0 Å². The first-order valence-electron chi connectivity index (χ1n) is 5.18. The molecule has 1 N–H and O–H groups in total. The molecule has 0 aliphatic heterocycles. The number of aryl methyl sites for hydroxylation is 1. The Morgan fingerprint density at radius 1 is 1.18 bits per heavy atom. The first-order valence-corrected chi connectivity index (χ1v) is 5.97. The van der Waals surface area contributed by atoms with Gasteiger partial charge in [0.1, 0.15) is 5.82 Å². The molecule has 0 amide bonds. The summed E-state index contributed by atoms with van der Waals surface area (Å²) in [5, 5.41) is 7.91. The van der Waals surface area contributed by atoms with Gasteiger partial charge in [-0.3, -0.25) is 5.10 Å². The van der Waals surface area contributed by atoms with Crippen LogP contribution in [0.1, 0.15) is 5.82 Å². The number of aromatic nitrogens is 4. The van der Waals surface area contributed by atoms with Gasteiger partial charge in [0.2, 0.25) is 0 Å². The predicted molar refractivity (Wildman–Crippen MR) is 69.6 cm³/mol. The van der Waals surface area contributed by atoms with Crippen molar-refractivity contribution in [2.75, 3.05) is 0 Å². The molecule has 0 saturated heterocycles. The minimum atomic E-state index is 0.744. The third kappa shape index (κ3) is 1.72. The van der Waals surface area contributed by atoms with Crippen LogP contribution in [0.4, 0.5) is 0 Å². The van der Waals surface area contributed by atoms with Gasteiger partial charge in [-0.05, 0) is 35.0 Å². The van der Waals surface area contributed by atoms with Crippen molar-refractivity contribution in [2.24, 2.45) is 0 Å². The molecular formula is C12H9BrN4. The van der Waals surface area contributed by atoms with Gasteiger partial charge in [0.15, 0.2) is 0 Å². The van der Waals surface area contributed by atoms with Crippen molar-refractivity contribution in [3.8, 4) is 11.4 Å². The van der Waals surface area contributed by atoms with E-state index in [9.17, 15) is 0 Å². The number of rotatable bonds is 1. The quantitative estimate of drug-likeness (QED) is 0.749. The molecule has 17 heavy (non-hydrogen) atoms. The van der Waals surface area contributed by atoms with Crippen LogP contribution in [-0.4, -0.2) is 20.2 Å². The molecule has 0 fully saturated rings. The fourth-order valence-electron chi connectivity index (χ4n) is 1.82. The van der Waals surface area contributed by atoms with E-state index in [0.29, 0.717) is 0 Å². The van der Waals surface area contributed by atoms with Gasteiger partial charge in [0, 0.05) is 16.1 Å². The van der Waals surface area contributed by atoms with Crippen LogP contribution in [0.25, 0.3) is 22.3 Å². The maximum Gasteiger partial charge on any atom is 0.126 e. The van der Waals surface area contributed by atoms with Crippen LogP contribution < -0.4 is 0 Å². The number of hydrogen-bond donors (Lipinski definition) is 1. The van der Waals surface area contributed by atoms with Crippen molar-refractivity contribution in [1.82, 2.24) is 20.2 Å². The van der Waals surface area contributed by atoms with E-state index >= 15 is 0 Å². The van der Waals surface area contributed by atoms with E-state index in [-0.39, 0.29) is 0 Å². The lowest BCUT2D eigenvalue weighted by Gasteiger charge is -2.06. The van der Waals surface area contributed by atoms with Crippen molar-refractivity contribution < 1.29 is 0 Å². The summed E-state index contributed by atoms with van der Waals surface area (Å²) in [4.78, 5) is 8.94. The van der Waals surface area contributed by atoms with Gasteiger partial charge < -0.3 is 0 Å². The first-order chi connectivity index (χ1) is 8.25. The molecule has 4 nitrogen and oxygen atoms in total. The highest BCUT2D eigenvalue weighted by molar-refractivity contribution is 9.10. The summed E-state index contributed by atoms with van der Waals surface area (Å²) in [7, 11) is 0. The Bertz CT molecular complexity index is 676. The van der Waals surface area contributed by atoms with Crippen LogP contribution in [0.3, 0.4) is 0 Å². The minimum Gasteiger partial charge on any atom is -0.276 e. The number of halogens is 1. The zero-order valence-electron chi connectivity index (χ0n) is 9.11. The van der Waals surface area contributed by atoms with Crippen LogP contribution >= 0.6 is 15.9 Å². The number of nitrogens with zero attached hydrogens (tertiary/aromatic N) is 3. The maximum absolute atomic E-state index is 4.48. The summed E-state index contributed by atoms with van der Waals surface area (Å²) in [6, 6.07) is 7.87. The zero-order valence-corrected chi connectivity index (χ0v) is 10.7. The van der Waals surface area contributed by atoms with Gasteiger partial charge in [-0.15, -0.1) is 0 Å². The summed E-state index contributed by atoms with van der Waals surface area (Å²) in [5.74, 6) is 0.744. The molecule has 5 heteroatoms. The number of para-hydroxylation sites is 1. The molecule has 2 heterocycles.